The van der Waals surface area contributed by atoms with E-state index in [0.29, 0.717) is 0 Å². The van der Waals surface area contributed by atoms with Gasteiger partial charge in [-0.05, 0) is 38.1 Å². The van der Waals surface area contributed by atoms with Crippen LogP contribution in [0.25, 0.3) is 0 Å². The van der Waals surface area contributed by atoms with Crippen LogP contribution in [-0.2, 0) is 0 Å². The fourth-order valence-electron chi connectivity index (χ4n) is 2.52. The van der Waals surface area contributed by atoms with Crippen molar-refractivity contribution < 1.29 is 4.79 Å². The summed E-state index contributed by atoms with van der Waals surface area (Å²) in [6, 6.07) is 7.91. The van der Waals surface area contributed by atoms with Gasteiger partial charge in [0, 0.05) is 31.4 Å². The fourth-order valence-corrected chi connectivity index (χ4v) is 2.52. The molecule has 4 nitrogen and oxygen atoms in total. The summed E-state index contributed by atoms with van der Waals surface area (Å²) in [7, 11) is 0. The third kappa shape index (κ3) is 3.53. The Hall–Kier alpha value is -1.97. The molecule has 2 rings (SSSR count). The van der Waals surface area contributed by atoms with E-state index in [9.17, 15) is 4.79 Å². The van der Waals surface area contributed by atoms with Crippen LogP contribution >= 0.6 is 0 Å². The van der Waals surface area contributed by atoms with Gasteiger partial charge in [-0.3, -0.25) is 4.79 Å². The van der Waals surface area contributed by atoms with E-state index in [1.807, 2.05) is 37.4 Å². The first kappa shape index (κ1) is 14.4. The Morgan fingerprint density at radius 1 is 1.40 bits per heavy atom. The van der Waals surface area contributed by atoms with E-state index in [1.165, 1.54) is 0 Å². The number of rotatable bonds is 5. The standard InChI is InChI=1S/C16H23N3O/c1-3-17-15-8-6-5-7-14(15)16(20)18-13-9-11-19(4-2)12-10-13/h4-8,13,17H,2-3,9-12H2,1H3,(H,18,20). The lowest BCUT2D eigenvalue weighted by molar-refractivity contribution is 0.0921. The van der Waals surface area contributed by atoms with Crippen molar-refractivity contribution in [1.29, 1.82) is 0 Å². The molecule has 1 saturated heterocycles. The zero-order valence-corrected chi connectivity index (χ0v) is 12.1. The van der Waals surface area contributed by atoms with Gasteiger partial charge in [-0.1, -0.05) is 18.7 Å². The molecule has 0 bridgehead atoms. The molecule has 0 spiro atoms. The number of para-hydroxylation sites is 1. The molecule has 1 aromatic rings. The first-order valence-corrected chi connectivity index (χ1v) is 7.25. The highest BCUT2D eigenvalue weighted by Crippen LogP contribution is 2.16. The van der Waals surface area contributed by atoms with Crippen molar-refractivity contribution in [3.8, 4) is 0 Å². The van der Waals surface area contributed by atoms with Gasteiger partial charge in [-0.25, -0.2) is 0 Å². The van der Waals surface area contributed by atoms with Crippen molar-refractivity contribution in [2.24, 2.45) is 0 Å². The molecule has 1 amide bonds. The number of benzene rings is 1. The summed E-state index contributed by atoms with van der Waals surface area (Å²) in [5, 5.41) is 6.37. The number of nitrogens with zero attached hydrogens (tertiary/aromatic N) is 1. The summed E-state index contributed by atoms with van der Waals surface area (Å²) in [6.45, 7) is 8.54. The molecule has 20 heavy (non-hydrogen) atoms. The van der Waals surface area contributed by atoms with Gasteiger partial charge in [0.25, 0.3) is 5.91 Å². The topological polar surface area (TPSA) is 44.4 Å². The second-order valence-electron chi connectivity index (χ2n) is 5.04. The molecule has 0 atom stereocenters. The van der Waals surface area contributed by atoms with Crippen molar-refractivity contribution >= 4 is 11.6 Å². The Morgan fingerprint density at radius 3 is 2.75 bits per heavy atom. The summed E-state index contributed by atoms with van der Waals surface area (Å²) in [6.07, 6.45) is 3.82. The van der Waals surface area contributed by atoms with Gasteiger partial charge in [0.05, 0.1) is 5.56 Å². The molecule has 1 heterocycles. The summed E-state index contributed by atoms with van der Waals surface area (Å²) < 4.78 is 0. The molecule has 0 unspecified atom stereocenters. The van der Waals surface area contributed by atoms with Gasteiger partial charge in [0.2, 0.25) is 0 Å². The van der Waals surface area contributed by atoms with E-state index >= 15 is 0 Å². The summed E-state index contributed by atoms with van der Waals surface area (Å²) in [5.41, 5.74) is 1.62. The van der Waals surface area contributed by atoms with Crippen LogP contribution in [0.1, 0.15) is 30.1 Å². The van der Waals surface area contributed by atoms with Crippen molar-refractivity contribution in [1.82, 2.24) is 10.2 Å². The lowest BCUT2D eigenvalue weighted by Crippen LogP contribution is -2.43. The van der Waals surface area contributed by atoms with E-state index in [-0.39, 0.29) is 11.9 Å². The van der Waals surface area contributed by atoms with E-state index in [1.54, 1.807) is 0 Å². The molecule has 0 aliphatic carbocycles. The van der Waals surface area contributed by atoms with Crippen molar-refractivity contribution in [2.45, 2.75) is 25.8 Å². The zero-order chi connectivity index (χ0) is 14.4. The number of piperidine rings is 1. The minimum Gasteiger partial charge on any atom is -0.385 e. The third-order valence-corrected chi connectivity index (χ3v) is 3.66. The Bertz CT molecular complexity index is 465. The molecule has 2 N–H and O–H groups in total. The van der Waals surface area contributed by atoms with Crippen molar-refractivity contribution in [3.63, 3.8) is 0 Å². The van der Waals surface area contributed by atoms with Gasteiger partial charge in [-0.2, -0.15) is 0 Å². The van der Waals surface area contributed by atoms with Crippen LogP contribution in [0.2, 0.25) is 0 Å². The number of nitrogens with one attached hydrogen (secondary N) is 2. The molecular weight excluding hydrogens is 250 g/mol. The van der Waals surface area contributed by atoms with Gasteiger partial charge >= 0.3 is 0 Å². The Morgan fingerprint density at radius 2 is 2.10 bits per heavy atom. The predicted molar refractivity (Wildman–Crippen MR) is 82.9 cm³/mol. The molecule has 1 aliphatic heterocycles. The maximum Gasteiger partial charge on any atom is 0.253 e. The minimum absolute atomic E-state index is 0.0126. The first-order chi connectivity index (χ1) is 9.74. The summed E-state index contributed by atoms with van der Waals surface area (Å²) in [4.78, 5) is 14.6. The normalized spacial score (nSPS) is 15.8. The summed E-state index contributed by atoms with van der Waals surface area (Å²) >= 11 is 0. The number of carbonyl (C=O) groups excluding carboxylic acids is 1. The average Bonchev–Trinajstić information content (AvgIpc) is 2.49. The zero-order valence-electron chi connectivity index (χ0n) is 12.1. The van der Waals surface area contributed by atoms with E-state index in [2.05, 4.69) is 22.1 Å². The van der Waals surface area contributed by atoms with Crippen molar-refractivity contribution in [3.05, 3.63) is 42.6 Å². The molecule has 0 radical (unpaired) electrons. The smallest absolute Gasteiger partial charge is 0.253 e. The van der Waals surface area contributed by atoms with Gasteiger partial charge in [-0.15, -0.1) is 0 Å². The molecule has 1 aromatic carbocycles. The maximum absolute atomic E-state index is 12.4. The van der Waals surface area contributed by atoms with E-state index in [0.717, 1.165) is 43.7 Å². The molecule has 4 heteroatoms. The van der Waals surface area contributed by atoms with Crippen LogP contribution in [0.4, 0.5) is 5.69 Å². The second kappa shape index (κ2) is 6.98. The van der Waals surface area contributed by atoms with Crippen LogP contribution in [0.3, 0.4) is 0 Å². The Kier molecular flexibility index (Phi) is 5.04. The lowest BCUT2D eigenvalue weighted by atomic mass is 10.0. The van der Waals surface area contributed by atoms with Gasteiger partial charge in [0.15, 0.2) is 0 Å². The average molecular weight is 273 g/mol. The highest BCUT2D eigenvalue weighted by atomic mass is 16.1. The van der Waals surface area contributed by atoms with E-state index in [4.69, 9.17) is 0 Å². The molecule has 1 aliphatic rings. The van der Waals surface area contributed by atoms with Crippen molar-refractivity contribution in [2.75, 3.05) is 25.0 Å². The van der Waals surface area contributed by atoms with E-state index < -0.39 is 0 Å². The second-order valence-corrected chi connectivity index (χ2v) is 5.04. The first-order valence-electron chi connectivity index (χ1n) is 7.25. The lowest BCUT2D eigenvalue weighted by Gasteiger charge is -2.31. The Labute approximate surface area is 120 Å². The fraction of sp³-hybridized carbons (Fsp3) is 0.438. The van der Waals surface area contributed by atoms with Crippen LogP contribution in [0.15, 0.2) is 37.0 Å². The molecular formula is C16H23N3O. The number of amides is 1. The largest absolute Gasteiger partial charge is 0.385 e. The monoisotopic (exact) mass is 273 g/mol. The predicted octanol–water partition coefficient (Wildman–Crippen LogP) is 2.46. The van der Waals surface area contributed by atoms with Crippen LogP contribution in [0, 0.1) is 0 Å². The molecule has 1 fully saturated rings. The number of likely N-dealkylation sites (tertiary alicyclic amines) is 1. The van der Waals surface area contributed by atoms with Gasteiger partial charge < -0.3 is 15.5 Å². The molecule has 108 valence electrons. The van der Waals surface area contributed by atoms with Crippen LogP contribution in [-0.4, -0.2) is 36.5 Å². The van der Waals surface area contributed by atoms with Crippen LogP contribution in [0.5, 0.6) is 0 Å². The highest BCUT2D eigenvalue weighted by molar-refractivity contribution is 5.99. The number of hydrogen-bond acceptors (Lipinski definition) is 3. The number of anilines is 1. The third-order valence-electron chi connectivity index (χ3n) is 3.66. The summed E-state index contributed by atoms with van der Waals surface area (Å²) in [5.74, 6) is 0.0126. The number of hydrogen-bond donors (Lipinski definition) is 2. The SMILES string of the molecule is C=CN1CCC(NC(=O)c2ccccc2NCC)CC1. The number of carbonyl (C=O) groups is 1. The highest BCUT2D eigenvalue weighted by Gasteiger charge is 2.20. The maximum atomic E-state index is 12.4. The Balaban J connectivity index is 1.97. The van der Waals surface area contributed by atoms with Gasteiger partial charge in [0.1, 0.15) is 0 Å². The molecule has 0 aromatic heterocycles. The minimum atomic E-state index is 0.0126. The quantitative estimate of drug-likeness (QED) is 0.866. The van der Waals surface area contributed by atoms with Crippen LogP contribution < -0.4 is 10.6 Å². The molecule has 0 saturated carbocycles.